The molecule has 8 heteroatoms. The van der Waals surface area contributed by atoms with Crippen LogP contribution in [-0.4, -0.2) is 26.1 Å². The van der Waals surface area contributed by atoms with Crippen LogP contribution in [0.2, 0.25) is 0 Å². The van der Waals surface area contributed by atoms with Crippen LogP contribution in [0.15, 0.2) is 64.8 Å². The fourth-order valence-corrected chi connectivity index (χ4v) is 3.61. The lowest BCUT2D eigenvalue weighted by atomic mass is 10.1. The maximum absolute atomic E-state index is 12.5. The molecule has 2 aromatic heterocycles. The Kier molecular flexibility index (Phi) is 4.94. The van der Waals surface area contributed by atoms with Crippen LogP contribution in [0.3, 0.4) is 0 Å². The van der Waals surface area contributed by atoms with Gasteiger partial charge in [0.15, 0.2) is 5.16 Å². The van der Waals surface area contributed by atoms with Crippen molar-refractivity contribution in [2.24, 2.45) is 0 Å². The largest absolute Gasteiger partial charge is 0.322 e. The number of carbonyl (C=O) groups is 1. The predicted octanol–water partition coefficient (Wildman–Crippen LogP) is 3.50. The minimum absolute atomic E-state index is 0.136. The molecule has 0 aliphatic rings. The standard InChI is InChI=1S/C20H17N5O2S/c1-12-8-18(26)24-17-7-6-15(9-16(12)17)23-19(27)14-4-2-13(3-5-14)10-28-20-21-11-22-25-20/h2-9,11H,10H2,1H3,(H,23,27)(H,24,26)(H,21,22,25). The zero-order valence-electron chi connectivity index (χ0n) is 15.0. The SMILES string of the molecule is Cc1cc(=O)[nH]c2ccc(NC(=O)c3ccc(CSc4ncn[nH]4)cc3)cc12. The van der Waals surface area contributed by atoms with Crippen LogP contribution >= 0.6 is 11.8 Å². The zero-order valence-corrected chi connectivity index (χ0v) is 15.8. The van der Waals surface area contributed by atoms with E-state index in [1.807, 2.05) is 25.1 Å². The highest BCUT2D eigenvalue weighted by Crippen LogP contribution is 2.21. The van der Waals surface area contributed by atoms with Crippen molar-refractivity contribution in [2.75, 3.05) is 5.32 Å². The van der Waals surface area contributed by atoms with Gasteiger partial charge in [-0.2, -0.15) is 5.10 Å². The number of aromatic amines is 2. The van der Waals surface area contributed by atoms with Crippen molar-refractivity contribution >= 4 is 34.3 Å². The molecule has 4 rings (SSSR count). The number of carbonyl (C=O) groups excluding carboxylic acids is 1. The second-order valence-corrected chi connectivity index (χ2v) is 7.27. The van der Waals surface area contributed by atoms with Crippen molar-refractivity contribution in [3.63, 3.8) is 0 Å². The Morgan fingerprint density at radius 3 is 2.71 bits per heavy atom. The molecule has 0 atom stereocenters. The van der Waals surface area contributed by atoms with Gasteiger partial charge in [-0.1, -0.05) is 23.9 Å². The number of pyridine rings is 1. The van der Waals surface area contributed by atoms with E-state index in [-0.39, 0.29) is 11.5 Å². The van der Waals surface area contributed by atoms with Gasteiger partial charge < -0.3 is 10.3 Å². The lowest BCUT2D eigenvalue weighted by Crippen LogP contribution is -2.12. The molecule has 0 spiro atoms. The van der Waals surface area contributed by atoms with E-state index >= 15 is 0 Å². The Bertz CT molecular complexity index is 1180. The normalized spacial score (nSPS) is 10.9. The van der Waals surface area contributed by atoms with E-state index in [1.54, 1.807) is 42.1 Å². The Balaban J connectivity index is 1.46. The van der Waals surface area contributed by atoms with Crippen LogP contribution in [0.5, 0.6) is 0 Å². The molecule has 2 heterocycles. The molecule has 3 N–H and O–H groups in total. The molecule has 0 saturated carbocycles. The maximum atomic E-state index is 12.5. The Labute approximate surface area is 164 Å². The summed E-state index contributed by atoms with van der Waals surface area (Å²) in [5.74, 6) is 0.551. The third-order valence-electron chi connectivity index (χ3n) is 4.29. The van der Waals surface area contributed by atoms with Crippen LogP contribution in [0.1, 0.15) is 21.5 Å². The van der Waals surface area contributed by atoms with E-state index in [9.17, 15) is 9.59 Å². The van der Waals surface area contributed by atoms with Gasteiger partial charge in [-0.15, -0.1) is 0 Å². The number of fused-ring (bicyclic) bond motifs is 1. The molecule has 0 radical (unpaired) electrons. The first kappa shape index (κ1) is 18.0. The highest BCUT2D eigenvalue weighted by Gasteiger charge is 2.08. The molecule has 28 heavy (non-hydrogen) atoms. The molecule has 0 aliphatic carbocycles. The van der Waals surface area contributed by atoms with Gasteiger partial charge in [0.2, 0.25) is 5.56 Å². The molecule has 0 unspecified atom stereocenters. The summed E-state index contributed by atoms with van der Waals surface area (Å²) < 4.78 is 0. The quantitative estimate of drug-likeness (QED) is 0.452. The van der Waals surface area contributed by atoms with E-state index in [0.29, 0.717) is 11.3 Å². The summed E-state index contributed by atoms with van der Waals surface area (Å²) in [6.07, 6.45) is 1.47. The van der Waals surface area contributed by atoms with Gasteiger partial charge in [0, 0.05) is 34.0 Å². The highest BCUT2D eigenvalue weighted by atomic mass is 32.2. The van der Waals surface area contributed by atoms with Crippen molar-refractivity contribution in [3.8, 4) is 0 Å². The van der Waals surface area contributed by atoms with Crippen LogP contribution in [0, 0.1) is 6.92 Å². The fourth-order valence-electron chi connectivity index (χ4n) is 2.87. The average molecular weight is 391 g/mol. The molecule has 2 aromatic carbocycles. The second-order valence-electron chi connectivity index (χ2n) is 6.31. The lowest BCUT2D eigenvalue weighted by molar-refractivity contribution is 0.102. The highest BCUT2D eigenvalue weighted by molar-refractivity contribution is 7.98. The molecule has 0 bridgehead atoms. The van der Waals surface area contributed by atoms with E-state index in [2.05, 4.69) is 25.5 Å². The molecular formula is C20H17N5O2S. The number of aryl methyl sites for hydroxylation is 1. The average Bonchev–Trinajstić information content (AvgIpc) is 3.21. The number of aromatic nitrogens is 4. The molecule has 4 aromatic rings. The van der Waals surface area contributed by atoms with Gasteiger partial charge >= 0.3 is 0 Å². The van der Waals surface area contributed by atoms with Crippen molar-refractivity contribution in [1.29, 1.82) is 0 Å². The van der Waals surface area contributed by atoms with Crippen molar-refractivity contribution in [3.05, 3.63) is 81.9 Å². The number of hydrogen-bond acceptors (Lipinski definition) is 5. The minimum atomic E-state index is -0.184. The van der Waals surface area contributed by atoms with Crippen LogP contribution in [0.4, 0.5) is 5.69 Å². The summed E-state index contributed by atoms with van der Waals surface area (Å²) in [4.78, 5) is 31.0. The third-order valence-corrected chi connectivity index (χ3v) is 5.24. The van der Waals surface area contributed by atoms with Crippen LogP contribution in [0.25, 0.3) is 10.9 Å². The van der Waals surface area contributed by atoms with Gasteiger partial charge in [-0.25, -0.2) is 4.98 Å². The molecule has 0 aliphatic heterocycles. The number of nitrogens with one attached hydrogen (secondary N) is 3. The predicted molar refractivity (Wildman–Crippen MR) is 110 cm³/mol. The zero-order chi connectivity index (χ0) is 19.5. The van der Waals surface area contributed by atoms with Crippen molar-refractivity contribution in [1.82, 2.24) is 20.2 Å². The monoisotopic (exact) mass is 391 g/mol. The number of rotatable bonds is 5. The number of benzene rings is 2. The summed E-state index contributed by atoms with van der Waals surface area (Å²) in [6, 6.07) is 14.4. The summed E-state index contributed by atoms with van der Waals surface area (Å²) in [5, 5.41) is 11.2. The summed E-state index contributed by atoms with van der Waals surface area (Å²) in [7, 11) is 0. The van der Waals surface area contributed by atoms with E-state index in [1.165, 1.54) is 6.33 Å². The van der Waals surface area contributed by atoms with Crippen LogP contribution < -0.4 is 10.9 Å². The van der Waals surface area contributed by atoms with Crippen LogP contribution in [-0.2, 0) is 5.75 Å². The summed E-state index contributed by atoms with van der Waals surface area (Å²) in [5.41, 5.74) is 3.82. The van der Waals surface area contributed by atoms with E-state index in [4.69, 9.17) is 0 Å². The smallest absolute Gasteiger partial charge is 0.255 e. The number of nitrogens with zero attached hydrogens (tertiary/aromatic N) is 2. The first-order valence-corrected chi connectivity index (χ1v) is 9.59. The van der Waals surface area contributed by atoms with Crippen molar-refractivity contribution < 1.29 is 4.79 Å². The molecule has 0 fully saturated rings. The molecule has 0 saturated heterocycles. The molecular weight excluding hydrogens is 374 g/mol. The topological polar surface area (TPSA) is 104 Å². The lowest BCUT2D eigenvalue weighted by Gasteiger charge is -2.08. The molecule has 7 nitrogen and oxygen atoms in total. The van der Waals surface area contributed by atoms with E-state index < -0.39 is 0 Å². The molecule has 1 amide bonds. The number of anilines is 1. The number of H-pyrrole nitrogens is 2. The number of amides is 1. The first-order chi connectivity index (χ1) is 13.6. The van der Waals surface area contributed by atoms with Crippen molar-refractivity contribution in [2.45, 2.75) is 17.8 Å². The summed E-state index contributed by atoms with van der Waals surface area (Å²) >= 11 is 1.55. The number of thioether (sulfide) groups is 1. The summed E-state index contributed by atoms with van der Waals surface area (Å²) in [6.45, 7) is 1.87. The third kappa shape index (κ3) is 3.96. The van der Waals surface area contributed by atoms with Gasteiger partial charge in [-0.05, 0) is 48.4 Å². The Morgan fingerprint density at radius 2 is 1.96 bits per heavy atom. The van der Waals surface area contributed by atoms with Gasteiger partial charge in [0.1, 0.15) is 6.33 Å². The van der Waals surface area contributed by atoms with Gasteiger partial charge in [-0.3, -0.25) is 14.7 Å². The van der Waals surface area contributed by atoms with Gasteiger partial charge in [0.25, 0.3) is 5.91 Å². The minimum Gasteiger partial charge on any atom is -0.322 e. The maximum Gasteiger partial charge on any atom is 0.255 e. The fraction of sp³-hybridized carbons (Fsp3) is 0.100. The van der Waals surface area contributed by atoms with E-state index in [0.717, 1.165) is 32.9 Å². The number of hydrogen-bond donors (Lipinski definition) is 3. The molecule has 140 valence electrons. The Morgan fingerprint density at radius 1 is 1.14 bits per heavy atom. The Hall–Kier alpha value is -3.39. The first-order valence-electron chi connectivity index (χ1n) is 8.60. The van der Waals surface area contributed by atoms with Gasteiger partial charge in [0.05, 0.1) is 0 Å². The second kappa shape index (κ2) is 7.69.